The summed E-state index contributed by atoms with van der Waals surface area (Å²) in [6.07, 6.45) is 0. The van der Waals surface area contributed by atoms with Crippen molar-refractivity contribution < 1.29 is 4.79 Å². The van der Waals surface area contributed by atoms with Crippen LogP contribution in [0.2, 0.25) is 0 Å². The maximum Gasteiger partial charge on any atom is 0.255 e. The molecule has 1 atom stereocenters. The predicted molar refractivity (Wildman–Crippen MR) is 64.4 cm³/mol. The molecule has 0 N–H and O–H groups in total. The summed E-state index contributed by atoms with van der Waals surface area (Å²) in [5, 5.41) is 10.9. The van der Waals surface area contributed by atoms with Crippen molar-refractivity contribution in [2.75, 3.05) is 6.54 Å². The fourth-order valence-corrected chi connectivity index (χ4v) is 1.96. The molecule has 0 aromatic heterocycles. The van der Waals surface area contributed by atoms with Gasteiger partial charge in [0.05, 0.1) is 12.6 Å². The number of carbonyl (C=O) groups is 1. The Morgan fingerprint density at radius 1 is 1.24 bits per heavy atom. The van der Waals surface area contributed by atoms with Gasteiger partial charge < -0.3 is 4.90 Å². The molecule has 1 saturated heterocycles. The van der Waals surface area contributed by atoms with Gasteiger partial charge in [-0.3, -0.25) is 4.79 Å². The monoisotopic (exact) mass is 222 g/mol. The van der Waals surface area contributed by atoms with Crippen molar-refractivity contribution in [3.8, 4) is 6.07 Å². The molecule has 1 amide bonds. The SMILES string of the molecule is N#CC1CN1C(=O)c1ccc2ccccc2c1. The van der Waals surface area contributed by atoms with E-state index < -0.39 is 0 Å². The van der Waals surface area contributed by atoms with Gasteiger partial charge in [-0.15, -0.1) is 0 Å². The van der Waals surface area contributed by atoms with Crippen molar-refractivity contribution in [1.29, 1.82) is 5.26 Å². The summed E-state index contributed by atoms with van der Waals surface area (Å²) in [6.45, 7) is 0.558. The Kier molecular flexibility index (Phi) is 2.09. The minimum absolute atomic E-state index is 0.0534. The third-order valence-electron chi connectivity index (χ3n) is 3.02. The molecule has 1 heterocycles. The molecule has 3 rings (SSSR count). The fourth-order valence-electron chi connectivity index (χ4n) is 1.96. The quantitative estimate of drug-likeness (QED) is 0.694. The Balaban J connectivity index is 1.96. The van der Waals surface area contributed by atoms with Gasteiger partial charge in [0.15, 0.2) is 0 Å². The van der Waals surface area contributed by atoms with Crippen LogP contribution in [-0.2, 0) is 0 Å². The summed E-state index contributed by atoms with van der Waals surface area (Å²) < 4.78 is 0. The lowest BCUT2D eigenvalue weighted by Crippen LogP contribution is -2.12. The van der Waals surface area contributed by atoms with Crippen LogP contribution in [0, 0.1) is 11.3 Å². The van der Waals surface area contributed by atoms with E-state index in [0.717, 1.165) is 10.8 Å². The molecule has 0 saturated carbocycles. The summed E-state index contributed by atoms with van der Waals surface area (Å²) in [6, 6.07) is 15.4. The molecule has 3 nitrogen and oxygen atoms in total. The third-order valence-corrected chi connectivity index (χ3v) is 3.02. The van der Waals surface area contributed by atoms with Gasteiger partial charge >= 0.3 is 0 Å². The van der Waals surface area contributed by atoms with E-state index in [1.807, 2.05) is 42.5 Å². The highest BCUT2D eigenvalue weighted by Crippen LogP contribution is 2.22. The molecular weight excluding hydrogens is 212 g/mol. The normalized spacial score (nSPS) is 17.8. The van der Waals surface area contributed by atoms with Gasteiger partial charge in [0.2, 0.25) is 0 Å². The Labute approximate surface area is 98.9 Å². The van der Waals surface area contributed by atoms with Crippen molar-refractivity contribution in [1.82, 2.24) is 4.90 Å². The molecule has 2 aromatic rings. The molecule has 1 aliphatic rings. The molecule has 2 aromatic carbocycles. The number of rotatable bonds is 1. The van der Waals surface area contributed by atoms with Crippen LogP contribution in [0.3, 0.4) is 0 Å². The predicted octanol–water partition coefficient (Wildman–Crippen LogP) is 2.19. The zero-order valence-electron chi connectivity index (χ0n) is 9.13. The van der Waals surface area contributed by atoms with Gasteiger partial charge in [0, 0.05) is 5.56 Å². The van der Waals surface area contributed by atoms with Crippen LogP contribution in [0.25, 0.3) is 10.8 Å². The van der Waals surface area contributed by atoms with E-state index >= 15 is 0 Å². The number of hydrogen-bond donors (Lipinski definition) is 0. The number of carbonyl (C=O) groups excluding carboxylic acids is 1. The standard InChI is InChI=1S/C14H10N2O/c15-8-13-9-16(13)14(17)12-6-5-10-3-1-2-4-11(10)7-12/h1-7,13H,9H2. The third kappa shape index (κ3) is 1.64. The van der Waals surface area contributed by atoms with E-state index in [1.165, 1.54) is 0 Å². The second kappa shape index (κ2) is 3.60. The van der Waals surface area contributed by atoms with Crippen LogP contribution in [-0.4, -0.2) is 23.4 Å². The van der Waals surface area contributed by atoms with E-state index in [0.29, 0.717) is 12.1 Å². The molecule has 1 aliphatic heterocycles. The highest BCUT2D eigenvalue weighted by Gasteiger charge is 2.38. The lowest BCUT2D eigenvalue weighted by atomic mass is 10.1. The number of amides is 1. The molecule has 0 bridgehead atoms. The summed E-state index contributed by atoms with van der Waals surface area (Å²) in [4.78, 5) is 13.6. The van der Waals surface area contributed by atoms with Crippen LogP contribution < -0.4 is 0 Å². The first kappa shape index (κ1) is 9.86. The summed E-state index contributed by atoms with van der Waals surface area (Å²) >= 11 is 0. The van der Waals surface area contributed by atoms with Gasteiger partial charge in [-0.25, -0.2) is 0 Å². The number of benzene rings is 2. The van der Waals surface area contributed by atoms with Crippen molar-refractivity contribution in [2.24, 2.45) is 0 Å². The number of nitrogens with zero attached hydrogens (tertiary/aromatic N) is 2. The highest BCUT2D eigenvalue weighted by molar-refractivity contribution is 6.00. The van der Waals surface area contributed by atoms with Gasteiger partial charge in [-0.1, -0.05) is 30.3 Å². The second-order valence-electron chi connectivity index (χ2n) is 4.16. The largest absolute Gasteiger partial charge is 0.318 e. The van der Waals surface area contributed by atoms with Crippen molar-refractivity contribution in [3.05, 3.63) is 48.0 Å². The molecule has 0 aliphatic carbocycles. The summed E-state index contributed by atoms with van der Waals surface area (Å²) in [5.74, 6) is -0.0534. The van der Waals surface area contributed by atoms with Crippen LogP contribution in [0.15, 0.2) is 42.5 Å². The van der Waals surface area contributed by atoms with Crippen LogP contribution in [0.4, 0.5) is 0 Å². The minimum Gasteiger partial charge on any atom is -0.318 e. The average Bonchev–Trinajstić information content (AvgIpc) is 3.17. The van der Waals surface area contributed by atoms with E-state index in [2.05, 4.69) is 6.07 Å². The maximum atomic E-state index is 12.0. The molecule has 0 radical (unpaired) electrons. The van der Waals surface area contributed by atoms with Crippen molar-refractivity contribution in [3.63, 3.8) is 0 Å². The lowest BCUT2D eigenvalue weighted by Gasteiger charge is -2.03. The number of hydrogen-bond acceptors (Lipinski definition) is 2. The van der Waals surface area contributed by atoms with Crippen molar-refractivity contribution >= 4 is 16.7 Å². The number of fused-ring (bicyclic) bond motifs is 1. The molecule has 17 heavy (non-hydrogen) atoms. The first-order chi connectivity index (χ1) is 8.29. The van der Waals surface area contributed by atoms with E-state index in [1.54, 1.807) is 4.90 Å². The maximum absolute atomic E-state index is 12.0. The Bertz CT molecular complexity index is 642. The molecule has 1 unspecified atom stereocenters. The Hall–Kier alpha value is -2.34. The van der Waals surface area contributed by atoms with Gasteiger partial charge in [0.25, 0.3) is 5.91 Å². The van der Waals surface area contributed by atoms with Crippen LogP contribution in [0.5, 0.6) is 0 Å². The van der Waals surface area contributed by atoms with E-state index in [4.69, 9.17) is 5.26 Å². The number of nitriles is 1. The first-order valence-corrected chi connectivity index (χ1v) is 5.49. The zero-order chi connectivity index (χ0) is 11.8. The molecule has 82 valence electrons. The highest BCUT2D eigenvalue weighted by atomic mass is 16.2. The van der Waals surface area contributed by atoms with Gasteiger partial charge in [0.1, 0.15) is 6.04 Å². The summed E-state index contributed by atoms with van der Waals surface area (Å²) in [5.41, 5.74) is 0.654. The molecule has 1 fully saturated rings. The van der Waals surface area contributed by atoms with Crippen molar-refractivity contribution in [2.45, 2.75) is 6.04 Å². The zero-order valence-corrected chi connectivity index (χ0v) is 9.13. The Morgan fingerprint density at radius 2 is 2.00 bits per heavy atom. The van der Waals surface area contributed by atoms with E-state index in [-0.39, 0.29) is 11.9 Å². The minimum atomic E-state index is -0.228. The average molecular weight is 222 g/mol. The second-order valence-corrected chi connectivity index (χ2v) is 4.16. The smallest absolute Gasteiger partial charge is 0.255 e. The lowest BCUT2D eigenvalue weighted by molar-refractivity contribution is 0.0880. The molecular formula is C14H10N2O. The Morgan fingerprint density at radius 3 is 2.71 bits per heavy atom. The van der Waals surface area contributed by atoms with Gasteiger partial charge in [-0.2, -0.15) is 5.26 Å². The first-order valence-electron chi connectivity index (χ1n) is 5.49. The van der Waals surface area contributed by atoms with E-state index in [9.17, 15) is 4.79 Å². The van der Waals surface area contributed by atoms with Crippen LogP contribution >= 0.6 is 0 Å². The summed E-state index contributed by atoms with van der Waals surface area (Å²) in [7, 11) is 0. The van der Waals surface area contributed by atoms with Crippen LogP contribution in [0.1, 0.15) is 10.4 Å². The molecule has 3 heteroatoms. The fraction of sp³-hybridized carbons (Fsp3) is 0.143. The molecule has 0 spiro atoms. The van der Waals surface area contributed by atoms with Gasteiger partial charge in [-0.05, 0) is 22.9 Å². The topological polar surface area (TPSA) is 43.9 Å².